The highest BCUT2D eigenvalue weighted by molar-refractivity contribution is 5.31. The lowest BCUT2D eigenvalue weighted by atomic mass is 10.3. The largest absolute Gasteiger partial charge is 0.374 e. The van der Waals surface area contributed by atoms with Crippen LogP contribution in [0.1, 0.15) is 0 Å². The Morgan fingerprint density at radius 1 is 1.67 bits per heavy atom. The van der Waals surface area contributed by atoms with Gasteiger partial charge in [0.1, 0.15) is 5.82 Å². The van der Waals surface area contributed by atoms with Crippen molar-refractivity contribution in [3.63, 3.8) is 0 Å². The smallest absolute Gasteiger partial charge is 0.148 e. The number of rotatable bonds is 3. The third-order valence-electron chi connectivity index (χ3n) is 2.43. The molecule has 1 atom stereocenters. The molecule has 0 bridgehead atoms. The van der Waals surface area contributed by atoms with Gasteiger partial charge in [0.2, 0.25) is 0 Å². The van der Waals surface area contributed by atoms with Crippen molar-refractivity contribution in [2.75, 3.05) is 38.6 Å². The Morgan fingerprint density at radius 3 is 3.33 bits per heavy atom. The molecule has 1 fully saturated rings. The molecule has 0 radical (unpaired) electrons. The summed E-state index contributed by atoms with van der Waals surface area (Å²) in [4.78, 5) is 2.27. The van der Waals surface area contributed by atoms with Gasteiger partial charge in [-0.2, -0.15) is 5.10 Å². The molecule has 1 aromatic heterocycles. The Hall–Kier alpha value is -1.20. The zero-order chi connectivity index (χ0) is 10.5. The summed E-state index contributed by atoms with van der Waals surface area (Å²) < 4.78 is 5.62. The molecule has 0 aromatic carbocycles. The van der Waals surface area contributed by atoms with Crippen LogP contribution in [-0.2, 0) is 4.74 Å². The van der Waals surface area contributed by atoms with E-state index >= 15 is 0 Å². The number of ether oxygens (including phenoxy) is 1. The quantitative estimate of drug-likeness (QED) is 0.770. The van der Waals surface area contributed by atoms with Crippen molar-refractivity contribution in [3.8, 4) is 0 Å². The second kappa shape index (κ2) is 5.04. The van der Waals surface area contributed by atoms with Gasteiger partial charge in [-0.1, -0.05) is 0 Å². The Labute approximate surface area is 89.4 Å². The number of nitrogens with one attached hydrogen (secondary N) is 1. The monoisotopic (exact) mass is 208 g/mol. The molecule has 0 spiro atoms. The van der Waals surface area contributed by atoms with Crippen molar-refractivity contribution < 1.29 is 4.74 Å². The zero-order valence-electron chi connectivity index (χ0n) is 8.89. The number of aromatic nitrogens is 2. The highest BCUT2D eigenvalue weighted by atomic mass is 16.5. The molecule has 5 heteroatoms. The minimum absolute atomic E-state index is 0.241. The predicted octanol–water partition coefficient (Wildman–Crippen LogP) is 0.219. The summed E-state index contributed by atoms with van der Waals surface area (Å²) in [5.74, 6) is 0.800. The van der Waals surface area contributed by atoms with Gasteiger partial charge >= 0.3 is 0 Å². The summed E-state index contributed by atoms with van der Waals surface area (Å²) in [5, 5.41) is 11.0. The van der Waals surface area contributed by atoms with Crippen LogP contribution in [0.25, 0.3) is 0 Å². The minimum Gasteiger partial charge on any atom is -0.374 e. The molecule has 1 aromatic rings. The molecule has 0 aliphatic carbocycles. The maximum Gasteiger partial charge on any atom is 0.148 e. The van der Waals surface area contributed by atoms with E-state index in [1.165, 1.54) is 0 Å². The van der Waals surface area contributed by atoms with Crippen molar-refractivity contribution in [1.82, 2.24) is 15.1 Å². The summed E-state index contributed by atoms with van der Waals surface area (Å²) >= 11 is 0. The maximum absolute atomic E-state index is 5.62. The third-order valence-corrected chi connectivity index (χ3v) is 2.43. The SMILES string of the molecule is CN1CCOC(CNc2cccnn2)C1. The maximum atomic E-state index is 5.62. The van der Waals surface area contributed by atoms with Crippen molar-refractivity contribution in [2.45, 2.75) is 6.10 Å². The van der Waals surface area contributed by atoms with Gasteiger partial charge in [-0.3, -0.25) is 0 Å². The second-order valence-corrected chi connectivity index (χ2v) is 3.74. The van der Waals surface area contributed by atoms with Crippen LogP contribution < -0.4 is 5.32 Å². The number of nitrogens with zero attached hydrogens (tertiary/aromatic N) is 3. The molecule has 15 heavy (non-hydrogen) atoms. The number of anilines is 1. The normalized spacial score (nSPS) is 22.6. The van der Waals surface area contributed by atoms with E-state index in [9.17, 15) is 0 Å². The third kappa shape index (κ3) is 3.14. The summed E-state index contributed by atoms with van der Waals surface area (Å²) in [5.41, 5.74) is 0. The van der Waals surface area contributed by atoms with Crippen molar-refractivity contribution >= 4 is 5.82 Å². The Morgan fingerprint density at radius 2 is 2.60 bits per heavy atom. The van der Waals surface area contributed by atoms with Crippen molar-refractivity contribution in [2.24, 2.45) is 0 Å². The average molecular weight is 208 g/mol. The lowest BCUT2D eigenvalue weighted by molar-refractivity contribution is -0.0117. The summed E-state index contributed by atoms with van der Waals surface area (Å²) in [6.07, 6.45) is 1.90. The summed E-state index contributed by atoms with van der Waals surface area (Å²) in [7, 11) is 2.11. The molecule has 0 amide bonds. The fourth-order valence-electron chi connectivity index (χ4n) is 1.60. The van der Waals surface area contributed by atoms with Crippen LogP contribution in [0.4, 0.5) is 5.82 Å². The van der Waals surface area contributed by atoms with Gasteiger partial charge in [0, 0.05) is 25.8 Å². The molecule has 0 saturated carbocycles. The highest BCUT2D eigenvalue weighted by Crippen LogP contribution is 2.04. The molecule has 1 N–H and O–H groups in total. The standard InChI is InChI=1S/C10H16N4O/c1-14-5-6-15-9(8-14)7-11-10-3-2-4-12-13-10/h2-4,9H,5-8H2,1H3,(H,11,13). The second-order valence-electron chi connectivity index (χ2n) is 3.74. The number of morpholine rings is 1. The zero-order valence-corrected chi connectivity index (χ0v) is 8.89. The number of hydrogen-bond donors (Lipinski definition) is 1. The van der Waals surface area contributed by atoms with E-state index in [2.05, 4.69) is 27.5 Å². The average Bonchev–Trinajstić information content (AvgIpc) is 2.28. The first kappa shape index (κ1) is 10.3. The summed E-state index contributed by atoms with van der Waals surface area (Å²) in [6.45, 7) is 3.57. The fourth-order valence-corrected chi connectivity index (χ4v) is 1.60. The molecule has 1 unspecified atom stereocenters. The van der Waals surface area contributed by atoms with Crippen LogP contribution in [0.2, 0.25) is 0 Å². The van der Waals surface area contributed by atoms with Crippen LogP contribution in [0.3, 0.4) is 0 Å². The van der Waals surface area contributed by atoms with Crippen LogP contribution in [0.15, 0.2) is 18.3 Å². The molecule has 2 heterocycles. The van der Waals surface area contributed by atoms with Crippen molar-refractivity contribution in [1.29, 1.82) is 0 Å². The highest BCUT2D eigenvalue weighted by Gasteiger charge is 2.17. The van der Waals surface area contributed by atoms with Crippen LogP contribution in [-0.4, -0.2) is 54.5 Å². The molecule has 2 rings (SSSR count). The molecule has 1 saturated heterocycles. The Bertz CT molecular complexity index is 293. The van der Waals surface area contributed by atoms with E-state index in [1.54, 1.807) is 6.20 Å². The van der Waals surface area contributed by atoms with E-state index < -0.39 is 0 Å². The topological polar surface area (TPSA) is 50.3 Å². The van der Waals surface area contributed by atoms with E-state index in [0.717, 1.165) is 32.1 Å². The lowest BCUT2D eigenvalue weighted by Crippen LogP contribution is -2.43. The minimum atomic E-state index is 0.241. The van der Waals surface area contributed by atoms with Gasteiger partial charge in [0.25, 0.3) is 0 Å². The first-order valence-electron chi connectivity index (χ1n) is 5.16. The van der Waals surface area contributed by atoms with Gasteiger partial charge in [0.15, 0.2) is 0 Å². The van der Waals surface area contributed by atoms with Crippen LogP contribution >= 0.6 is 0 Å². The number of likely N-dealkylation sites (N-methyl/N-ethyl adjacent to an activating group) is 1. The van der Waals surface area contributed by atoms with Gasteiger partial charge < -0.3 is 15.0 Å². The van der Waals surface area contributed by atoms with Crippen LogP contribution in [0, 0.1) is 0 Å². The fraction of sp³-hybridized carbons (Fsp3) is 0.600. The van der Waals surface area contributed by atoms with Crippen molar-refractivity contribution in [3.05, 3.63) is 18.3 Å². The van der Waals surface area contributed by atoms with E-state index in [0.29, 0.717) is 0 Å². The Balaban J connectivity index is 1.78. The van der Waals surface area contributed by atoms with E-state index in [1.807, 2.05) is 12.1 Å². The first-order chi connectivity index (χ1) is 7.34. The molecule has 1 aliphatic heterocycles. The van der Waals surface area contributed by atoms with Gasteiger partial charge in [-0.25, -0.2) is 0 Å². The first-order valence-corrected chi connectivity index (χ1v) is 5.16. The molecular weight excluding hydrogens is 192 g/mol. The van der Waals surface area contributed by atoms with Gasteiger partial charge in [-0.15, -0.1) is 5.10 Å². The number of hydrogen-bond acceptors (Lipinski definition) is 5. The molecule has 1 aliphatic rings. The van der Waals surface area contributed by atoms with Gasteiger partial charge in [-0.05, 0) is 19.2 Å². The predicted molar refractivity (Wildman–Crippen MR) is 57.8 cm³/mol. The molecule has 5 nitrogen and oxygen atoms in total. The Kier molecular flexibility index (Phi) is 3.47. The van der Waals surface area contributed by atoms with Gasteiger partial charge in [0.05, 0.1) is 12.7 Å². The lowest BCUT2D eigenvalue weighted by Gasteiger charge is -2.30. The van der Waals surface area contributed by atoms with E-state index in [4.69, 9.17) is 4.74 Å². The molecular formula is C10H16N4O. The molecule has 82 valence electrons. The van der Waals surface area contributed by atoms with E-state index in [-0.39, 0.29) is 6.10 Å². The van der Waals surface area contributed by atoms with Crippen LogP contribution in [0.5, 0.6) is 0 Å². The summed E-state index contributed by atoms with van der Waals surface area (Å²) in [6, 6.07) is 3.77.